The molecule has 5 heteroatoms. The summed E-state index contributed by atoms with van der Waals surface area (Å²) in [5.74, 6) is -1.59. The first-order valence-electron chi connectivity index (χ1n) is 5.66. The Morgan fingerprint density at radius 2 is 1.78 bits per heavy atom. The number of rotatable bonds is 6. The van der Waals surface area contributed by atoms with E-state index < -0.39 is 17.8 Å². The van der Waals surface area contributed by atoms with Crippen LogP contribution < -0.4 is 5.32 Å². The molecule has 1 atom stereocenters. The lowest BCUT2D eigenvalue weighted by atomic mass is 10.0. The number of carboxylic acids is 1. The largest absolute Gasteiger partial charge is 0.480 e. The van der Waals surface area contributed by atoms with Gasteiger partial charge in [0.05, 0.1) is 0 Å². The molecule has 0 aliphatic heterocycles. The van der Waals surface area contributed by atoms with Crippen LogP contribution in [0.3, 0.4) is 0 Å². The van der Waals surface area contributed by atoms with Gasteiger partial charge in [-0.3, -0.25) is 9.59 Å². The van der Waals surface area contributed by atoms with E-state index in [1.807, 2.05) is 12.1 Å². The van der Waals surface area contributed by atoms with E-state index in [9.17, 15) is 9.59 Å². The molecule has 0 aliphatic carbocycles. The number of ketones is 1. The fourth-order valence-electron chi connectivity index (χ4n) is 1.50. The van der Waals surface area contributed by atoms with Crippen LogP contribution in [0.1, 0.15) is 24.2 Å². The summed E-state index contributed by atoms with van der Waals surface area (Å²) in [7, 11) is 1.46. The molecule has 0 aliphatic rings. The molecule has 1 rings (SSSR count). The van der Waals surface area contributed by atoms with Crippen molar-refractivity contribution in [3.63, 3.8) is 0 Å². The highest BCUT2D eigenvalue weighted by Crippen LogP contribution is 2.23. The molecular formula is C13H17NO3S. The number of nitrogens with one attached hydrogen (secondary N) is 1. The summed E-state index contributed by atoms with van der Waals surface area (Å²) in [4.78, 5) is 23.8. The van der Waals surface area contributed by atoms with E-state index in [1.54, 1.807) is 23.9 Å². The second kappa shape index (κ2) is 6.56. The lowest BCUT2D eigenvalue weighted by Gasteiger charge is -2.10. The Labute approximate surface area is 111 Å². The molecule has 0 saturated carbocycles. The van der Waals surface area contributed by atoms with Crippen LogP contribution in [0.5, 0.6) is 0 Å². The van der Waals surface area contributed by atoms with Gasteiger partial charge in [0.1, 0.15) is 0 Å². The predicted molar refractivity (Wildman–Crippen MR) is 72.2 cm³/mol. The van der Waals surface area contributed by atoms with E-state index >= 15 is 0 Å². The zero-order valence-corrected chi connectivity index (χ0v) is 11.5. The molecule has 0 saturated heterocycles. The summed E-state index contributed by atoms with van der Waals surface area (Å²) in [6.45, 7) is 4.18. The summed E-state index contributed by atoms with van der Waals surface area (Å²) in [6.07, 6.45) is 0. The van der Waals surface area contributed by atoms with Crippen molar-refractivity contribution >= 4 is 23.5 Å². The van der Waals surface area contributed by atoms with Crippen molar-refractivity contribution in [1.82, 2.24) is 5.32 Å². The van der Waals surface area contributed by atoms with Crippen LogP contribution in [0.2, 0.25) is 0 Å². The van der Waals surface area contributed by atoms with Crippen molar-refractivity contribution in [1.29, 1.82) is 0 Å². The smallest absolute Gasteiger partial charge is 0.328 e. The quantitative estimate of drug-likeness (QED) is 0.469. The maximum absolute atomic E-state index is 11.9. The Morgan fingerprint density at radius 1 is 1.22 bits per heavy atom. The molecular weight excluding hydrogens is 250 g/mol. The van der Waals surface area contributed by atoms with Crippen LogP contribution in [0.15, 0.2) is 29.2 Å². The van der Waals surface area contributed by atoms with Crippen LogP contribution >= 0.6 is 11.8 Å². The van der Waals surface area contributed by atoms with Gasteiger partial charge in [-0.25, -0.2) is 0 Å². The number of carbonyl (C=O) groups is 2. The first kappa shape index (κ1) is 14.7. The topological polar surface area (TPSA) is 66.4 Å². The minimum absolute atomic E-state index is 0.407. The molecule has 0 radical (unpaired) electrons. The number of thioether (sulfide) groups is 1. The summed E-state index contributed by atoms with van der Waals surface area (Å²) >= 11 is 1.70. The van der Waals surface area contributed by atoms with Gasteiger partial charge in [0, 0.05) is 15.7 Å². The summed E-state index contributed by atoms with van der Waals surface area (Å²) < 4.78 is 0. The van der Waals surface area contributed by atoms with E-state index in [1.165, 1.54) is 7.05 Å². The van der Waals surface area contributed by atoms with Gasteiger partial charge in [-0.05, 0) is 19.2 Å². The van der Waals surface area contributed by atoms with Crippen molar-refractivity contribution in [2.24, 2.45) is 0 Å². The zero-order valence-electron chi connectivity index (χ0n) is 10.6. The van der Waals surface area contributed by atoms with Crippen LogP contribution in [0, 0.1) is 0 Å². The highest BCUT2D eigenvalue weighted by atomic mass is 32.2. The number of likely N-dealkylation sites (N-methyl/N-ethyl adjacent to an activating group) is 1. The number of Topliss-reactive ketones (excluding diaryl/α,β-unsaturated/α-hetero) is 1. The van der Waals surface area contributed by atoms with Crippen molar-refractivity contribution in [3.05, 3.63) is 29.8 Å². The number of carbonyl (C=O) groups excluding carboxylic acids is 1. The summed E-state index contributed by atoms with van der Waals surface area (Å²) in [5.41, 5.74) is 0.407. The first-order valence-corrected chi connectivity index (χ1v) is 6.54. The fourth-order valence-corrected chi connectivity index (χ4v) is 2.34. The van der Waals surface area contributed by atoms with E-state index in [-0.39, 0.29) is 0 Å². The molecule has 1 aromatic carbocycles. The maximum Gasteiger partial charge on any atom is 0.328 e. The molecule has 0 aromatic heterocycles. The Hall–Kier alpha value is -1.33. The standard InChI is InChI=1S/C13H17NO3S/c1-8(2)18-10-6-4-9(5-7-10)12(15)11(14-3)13(16)17/h4-8,11,14H,1-3H3,(H,16,17). The van der Waals surface area contributed by atoms with Gasteiger partial charge >= 0.3 is 5.97 Å². The molecule has 0 heterocycles. The summed E-state index contributed by atoms with van der Waals surface area (Å²) in [6, 6.07) is 5.83. The lowest BCUT2D eigenvalue weighted by molar-refractivity contribution is -0.137. The third kappa shape index (κ3) is 3.85. The van der Waals surface area contributed by atoms with Crippen molar-refractivity contribution in [3.8, 4) is 0 Å². The normalized spacial score (nSPS) is 12.4. The molecule has 1 unspecified atom stereocenters. The van der Waals surface area contributed by atoms with E-state index in [0.717, 1.165) is 4.90 Å². The molecule has 4 nitrogen and oxygen atoms in total. The van der Waals surface area contributed by atoms with Crippen molar-refractivity contribution in [2.75, 3.05) is 7.05 Å². The van der Waals surface area contributed by atoms with Gasteiger partial charge in [0.2, 0.25) is 0 Å². The molecule has 0 fully saturated rings. The Morgan fingerprint density at radius 3 is 2.17 bits per heavy atom. The van der Waals surface area contributed by atoms with Gasteiger partial charge in [-0.2, -0.15) is 0 Å². The average Bonchev–Trinajstić information content (AvgIpc) is 2.29. The molecule has 98 valence electrons. The van der Waals surface area contributed by atoms with E-state index in [2.05, 4.69) is 19.2 Å². The Bertz CT molecular complexity index is 428. The number of carboxylic acid groups (broad SMARTS) is 1. The molecule has 1 aromatic rings. The molecule has 2 N–H and O–H groups in total. The fraction of sp³-hybridized carbons (Fsp3) is 0.385. The Kier molecular flexibility index (Phi) is 5.37. The molecule has 18 heavy (non-hydrogen) atoms. The minimum Gasteiger partial charge on any atom is -0.480 e. The second-order valence-corrected chi connectivity index (χ2v) is 5.77. The van der Waals surface area contributed by atoms with Crippen LogP contribution in [0.4, 0.5) is 0 Å². The third-order valence-electron chi connectivity index (χ3n) is 2.31. The minimum atomic E-state index is -1.19. The molecule has 0 spiro atoms. The third-order valence-corrected chi connectivity index (χ3v) is 3.32. The number of benzene rings is 1. The van der Waals surface area contributed by atoms with Gasteiger partial charge in [-0.1, -0.05) is 26.0 Å². The van der Waals surface area contributed by atoms with E-state index in [4.69, 9.17) is 5.11 Å². The summed E-state index contributed by atoms with van der Waals surface area (Å²) in [5, 5.41) is 11.9. The highest BCUT2D eigenvalue weighted by Gasteiger charge is 2.25. The van der Waals surface area contributed by atoms with Gasteiger partial charge in [-0.15, -0.1) is 11.8 Å². The van der Waals surface area contributed by atoms with Crippen LogP contribution in [0.25, 0.3) is 0 Å². The van der Waals surface area contributed by atoms with Crippen LogP contribution in [-0.2, 0) is 4.79 Å². The number of hydrogen-bond donors (Lipinski definition) is 2. The van der Waals surface area contributed by atoms with Gasteiger partial charge in [0.15, 0.2) is 11.8 Å². The monoisotopic (exact) mass is 267 g/mol. The van der Waals surface area contributed by atoms with Gasteiger partial charge in [0.25, 0.3) is 0 Å². The number of hydrogen-bond acceptors (Lipinski definition) is 4. The molecule has 0 amide bonds. The predicted octanol–water partition coefficient (Wildman–Crippen LogP) is 2.04. The average molecular weight is 267 g/mol. The van der Waals surface area contributed by atoms with E-state index in [0.29, 0.717) is 10.8 Å². The van der Waals surface area contributed by atoms with Crippen LogP contribution in [-0.4, -0.2) is 35.2 Å². The SMILES string of the molecule is CNC(C(=O)O)C(=O)c1ccc(SC(C)C)cc1. The second-order valence-electron chi connectivity index (χ2n) is 4.12. The van der Waals surface area contributed by atoms with Gasteiger partial charge < -0.3 is 10.4 Å². The lowest BCUT2D eigenvalue weighted by Crippen LogP contribution is -2.41. The van der Waals surface area contributed by atoms with Crippen molar-refractivity contribution < 1.29 is 14.7 Å². The number of aliphatic carboxylic acids is 1. The first-order chi connectivity index (χ1) is 8.45. The molecule has 0 bridgehead atoms. The van der Waals surface area contributed by atoms with Crippen molar-refractivity contribution in [2.45, 2.75) is 30.0 Å². The maximum atomic E-state index is 11.9. The Balaban J connectivity index is 2.84. The highest BCUT2D eigenvalue weighted by molar-refractivity contribution is 7.99. The zero-order chi connectivity index (χ0) is 13.7.